The molecule has 2 aromatic carbocycles. The highest BCUT2D eigenvalue weighted by molar-refractivity contribution is 5.95. The van der Waals surface area contributed by atoms with E-state index in [-0.39, 0.29) is 58.6 Å². The number of amides is 1. The molecule has 1 fully saturated rings. The number of halogens is 2. The second-order valence-corrected chi connectivity index (χ2v) is 7.99. The molecule has 33 heavy (non-hydrogen) atoms. The fourth-order valence-corrected chi connectivity index (χ4v) is 4.20. The van der Waals surface area contributed by atoms with Crippen molar-refractivity contribution in [3.05, 3.63) is 64.7 Å². The summed E-state index contributed by atoms with van der Waals surface area (Å²) in [7, 11) is 0. The summed E-state index contributed by atoms with van der Waals surface area (Å²) in [6.45, 7) is 0.00665. The quantitative estimate of drug-likeness (QED) is 0.560. The van der Waals surface area contributed by atoms with Crippen molar-refractivity contribution >= 4 is 11.7 Å². The van der Waals surface area contributed by atoms with Crippen molar-refractivity contribution in [1.29, 1.82) is 5.26 Å². The maximum atomic E-state index is 15.0. The summed E-state index contributed by atoms with van der Waals surface area (Å²) in [6.07, 6.45) is 3.88. The largest absolute Gasteiger partial charge is 0.492 e. The summed E-state index contributed by atoms with van der Waals surface area (Å²) >= 11 is 0. The van der Waals surface area contributed by atoms with Crippen LogP contribution in [0.5, 0.6) is 5.75 Å². The van der Waals surface area contributed by atoms with Crippen LogP contribution in [0, 0.1) is 23.0 Å². The lowest BCUT2D eigenvalue weighted by Gasteiger charge is -2.11. The van der Waals surface area contributed by atoms with Crippen LogP contribution in [0.4, 0.5) is 14.6 Å². The summed E-state index contributed by atoms with van der Waals surface area (Å²) in [4.78, 5) is 11.5. The van der Waals surface area contributed by atoms with Crippen LogP contribution in [0.3, 0.4) is 0 Å². The fraction of sp³-hybridized carbons (Fsp3) is 0.292. The van der Waals surface area contributed by atoms with Gasteiger partial charge in [-0.05, 0) is 42.7 Å². The molecule has 1 amide bonds. The minimum Gasteiger partial charge on any atom is -0.492 e. The molecule has 170 valence electrons. The van der Waals surface area contributed by atoms with E-state index in [0.29, 0.717) is 0 Å². The van der Waals surface area contributed by atoms with E-state index in [2.05, 4.69) is 5.10 Å². The molecular weight excluding hydrogens is 428 g/mol. The van der Waals surface area contributed by atoms with Crippen molar-refractivity contribution in [2.45, 2.75) is 38.1 Å². The molecule has 0 aliphatic heterocycles. The first-order chi connectivity index (χ1) is 15.9. The van der Waals surface area contributed by atoms with Crippen LogP contribution < -0.4 is 16.2 Å². The SMILES string of the molecule is N#Cc1c(-c2cc(F)c(CCOc3ccccc3C(N)=O)cc2F)nn(C2CCCC2)c1N. The summed E-state index contributed by atoms with van der Waals surface area (Å²) in [6, 6.07) is 10.6. The zero-order valence-electron chi connectivity index (χ0n) is 17.9. The molecule has 0 bridgehead atoms. The third kappa shape index (κ3) is 4.37. The van der Waals surface area contributed by atoms with Gasteiger partial charge in [-0.2, -0.15) is 10.4 Å². The normalized spacial score (nSPS) is 13.7. The second kappa shape index (κ2) is 9.28. The smallest absolute Gasteiger partial charge is 0.252 e. The predicted molar refractivity (Wildman–Crippen MR) is 118 cm³/mol. The molecule has 1 heterocycles. The van der Waals surface area contributed by atoms with Gasteiger partial charge in [0.2, 0.25) is 0 Å². The molecule has 0 atom stereocenters. The Labute approximate surface area is 189 Å². The highest BCUT2D eigenvalue weighted by Gasteiger charge is 2.26. The lowest BCUT2D eigenvalue weighted by atomic mass is 10.0. The number of carbonyl (C=O) groups is 1. The molecule has 1 aliphatic rings. The average molecular weight is 451 g/mol. The number of rotatable bonds is 7. The fourth-order valence-electron chi connectivity index (χ4n) is 4.20. The lowest BCUT2D eigenvalue weighted by molar-refractivity contribution is 0.0996. The Bertz CT molecular complexity index is 1240. The number of hydrogen-bond donors (Lipinski definition) is 2. The van der Waals surface area contributed by atoms with E-state index in [9.17, 15) is 14.4 Å². The predicted octanol–water partition coefficient (Wildman–Crippen LogP) is 4.12. The first kappa shape index (κ1) is 22.3. The number of para-hydroxylation sites is 1. The number of ether oxygens (including phenoxy) is 1. The molecule has 0 radical (unpaired) electrons. The number of nitrogen functional groups attached to an aromatic ring is 1. The zero-order valence-corrected chi connectivity index (χ0v) is 17.9. The number of benzene rings is 2. The maximum Gasteiger partial charge on any atom is 0.252 e. The van der Waals surface area contributed by atoms with Gasteiger partial charge in [0.15, 0.2) is 0 Å². The standard InChI is InChI=1S/C24H23F2N5O2/c25-19-12-17(22-18(13-27)23(28)31(30-22)15-5-1-2-6-15)20(26)11-14(19)9-10-33-21-8-4-3-7-16(21)24(29)32/h3-4,7-8,11-12,15H,1-2,5-6,9-10,28H2,(H2,29,32). The van der Waals surface area contributed by atoms with Gasteiger partial charge in [-0.15, -0.1) is 0 Å². The van der Waals surface area contributed by atoms with Gasteiger partial charge in [0.05, 0.1) is 18.2 Å². The lowest BCUT2D eigenvalue weighted by Crippen LogP contribution is -2.14. The number of carbonyl (C=O) groups excluding carboxylic acids is 1. The second-order valence-electron chi connectivity index (χ2n) is 7.99. The van der Waals surface area contributed by atoms with Crippen LogP contribution in [0.2, 0.25) is 0 Å². The van der Waals surface area contributed by atoms with Crippen LogP contribution in [-0.4, -0.2) is 22.3 Å². The van der Waals surface area contributed by atoms with Crippen molar-refractivity contribution in [1.82, 2.24) is 9.78 Å². The Balaban J connectivity index is 1.57. The van der Waals surface area contributed by atoms with E-state index >= 15 is 4.39 Å². The summed E-state index contributed by atoms with van der Waals surface area (Å²) in [5.74, 6) is -1.57. The monoisotopic (exact) mass is 451 g/mol. The molecule has 0 spiro atoms. The molecule has 1 aliphatic carbocycles. The molecule has 3 aromatic rings. The number of primary amides is 1. The van der Waals surface area contributed by atoms with Gasteiger partial charge in [0, 0.05) is 12.0 Å². The highest BCUT2D eigenvalue weighted by atomic mass is 19.1. The Morgan fingerprint density at radius 3 is 2.64 bits per heavy atom. The molecule has 7 nitrogen and oxygen atoms in total. The van der Waals surface area contributed by atoms with Crippen LogP contribution in [0.25, 0.3) is 11.3 Å². The first-order valence-corrected chi connectivity index (χ1v) is 10.7. The maximum absolute atomic E-state index is 15.0. The summed E-state index contributed by atoms with van der Waals surface area (Å²) in [5, 5.41) is 14.0. The molecular formula is C24H23F2N5O2. The van der Waals surface area contributed by atoms with Gasteiger partial charge in [0.1, 0.15) is 40.5 Å². The third-order valence-electron chi connectivity index (χ3n) is 5.90. The zero-order chi connectivity index (χ0) is 23.5. The van der Waals surface area contributed by atoms with Crippen molar-refractivity contribution in [2.24, 2.45) is 5.73 Å². The number of aromatic nitrogens is 2. The molecule has 0 saturated heterocycles. The van der Waals surface area contributed by atoms with E-state index in [1.807, 2.05) is 6.07 Å². The third-order valence-corrected chi connectivity index (χ3v) is 5.90. The Morgan fingerprint density at radius 1 is 1.21 bits per heavy atom. The molecule has 9 heteroatoms. The molecule has 1 saturated carbocycles. The molecule has 4 rings (SSSR count). The molecule has 4 N–H and O–H groups in total. The number of nitriles is 1. The number of nitrogens with two attached hydrogens (primary N) is 2. The van der Waals surface area contributed by atoms with E-state index in [1.165, 1.54) is 6.07 Å². The van der Waals surface area contributed by atoms with Gasteiger partial charge >= 0.3 is 0 Å². The van der Waals surface area contributed by atoms with Crippen LogP contribution >= 0.6 is 0 Å². The van der Waals surface area contributed by atoms with Gasteiger partial charge in [0.25, 0.3) is 5.91 Å². The summed E-state index contributed by atoms with van der Waals surface area (Å²) in [5.41, 5.74) is 11.7. The van der Waals surface area contributed by atoms with Gasteiger partial charge in [-0.3, -0.25) is 4.79 Å². The number of anilines is 1. The minimum absolute atomic E-state index is 0.00665. The van der Waals surface area contributed by atoms with E-state index in [1.54, 1.807) is 22.9 Å². The van der Waals surface area contributed by atoms with Crippen LogP contribution in [-0.2, 0) is 6.42 Å². The van der Waals surface area contributed by atoms with Crippen molar-refractivity contribution < 1.29 is 18.3 Å². The van der Waals surface area contributed by atoms with Gasteiger partial charge in [-0.1, -0.05) is 25.0 Å². The Kier molecular flexibility index (Phi) is 6.27. The minimum atomic E-state index is -0.712. The number of nitrogens with zero attached hydrogens (tertiary/aromatic N) is 3. The van der Waals surface area contributed by atoms with Crippen molar-refractivity contribution in [3.63, 3.8) is 0 Å². The first-order valence-electron chi connectivity index (χ1n) is 10.7. The number of hydrogen-bond acceptors (Lipinski definition) is 5. The topological polar surface area (TPSA) is 120 Å². The Morgan fingerprint density at radius 2 is 1.94 bits per heavy atom. The molecule has 1 aromatic heterocycles. The Hall–Kier alpha value is -3.93. The molecule has 0 unspecified atom stereocenters. The van der Waals surface area contributed by atoms with E-state index in [4.69, 9.17) is 16.2 Å². The highest BCUT2D eigenvalue weighted by Crippen LogP contribution is 2.36. The van der Waals surface area contributed by atoms with Crippen LogP contribution in [0.1, 0.15) is 53.2 Å². The van der Waals surface area contributed by atoms with Crippen LogP contribution in [0.15, 0.2) is 36.4 Å². The van der Waals surface area contributed by atoms with Gasteiger partial charge < -0.3 is 16.2 Å². The summed E-state index contributed by atoms with van der Waals surface area (Å²) < 4.78 is 37.0. The van der Waals surface area contributed by atoms with Gasteiger partial charge in [-0.25, -0.2) is 13.5 Å². The van der Waals surface area contributed by atoms with E-state index < -0.39 is 17.5 Å². The average Bonchev–Trinajstić information content (AvgIpc) is 3.43. The van der Waals surface area contributed by atoms with Crippen molar-refractivity contribution in [2.75, 3.05) is 12.3 Å². The van der Waals surface area contributed by atoms with E-state index in [0.717, 1.165) is 37.8 Å². The van der Waals surface area contributed by atoms with Crippen molar-refractivity contribution in [3.8, 4) is 23.1 Å².